The van der Waals surface area contributed by atoms with Gasteiger partial charge >= 0.3 is 0 Å². The highest BCUT2D eigenvalue weighted by molar-refractivity contribution is 7.22. The van der Waals surface area contributed by atoms with Crippen LogP contribution in [0.15, 0.2) is 49.1 Å². The van der Waals surface area contributed by atoms with Crippen LogP contribution in [0.5, 0.6) is 0 Å². The molecule has 7 rings (SSSR count). The van der Waals surface area contributed by atoms with Crippen LogP contribution in [0.2, 0.25) is 0 Å². The number of carbonyl (C=O) groups excluding carboxylic acids is 2. The SMILES string of the molecule is C[C@H]1CN(C(=O)c2ccnnc2)CCN1[C@H]1C[C@@H](C(=O)Nc2nc3ccc(-c4cnc(CO[C@H]5CCC[C@@H]5O)nc4)cc3s2)C1. The van der Waals surface area contributed by atoms with Gasteiger partial charge in [-0.15, -0.1) is 0 Å². The smallest absolute Gasteiger partial charge is 0.255 e. The summed E-state index contributed by atoms with van der Waals surface area (Å²) in [6.07, 6.45) is 10.3. The first-order chi connectivity index (χ1) is 21.9. The van der Waals surface area contributed by atoms with Gasteiger partial charge in [0.1, 0.15) is 6.61 Å². The molecule has 1 aromatic carbocycles. The van der Waals surface area contributed by atoms with Crippen molar-refractivity contribution in [3.8, 4) is 11.1 Å². The molecular formula is C32H36N8O4S. The molecule has 13 heteroatoms. The number of fused-ring (bicyclic) bond motifs is 1. The number of aromatic nitrogens is 5. The highest BCUT2D eigenvalue weighted by Crippen LogP contribution is 2.36. The molecule has 4 heterocycles. The van der Waals surface area contributed by atoms with Crippen molar-refractivity contribution >= 4 is 38.5 Å². The molecule has 3 aromatic heterocycles. The van der Waals surface area contributed by atoms with Crippen molar-refractivity contribution in [1.82, 2.24) is 34.9 Å². The van der Waals surface area contributed by atoms with Gasteiger partial charge in [-0.25, -0.2) is 15.0 Å². The van der Waals surface area contributed by atoms with E-state index in [0.717, 1.165) is 60.0 Å². The molecule has 3 atom stereocenters. The third kappa shape index (κ3) is 6.43. The zero-order valence-corrected chi connectivity index (χ0v) is 25.9. The molecule has 1 saturated heterocycles. The number of hydrogen-bond donors (Lipinski definition) is 2. The zero-order chi connectivity index (χ0) is 30.9. The quantitative estimate of drug-likeness (QED) is 0.297. The maximum Gasteiger partial charge on any atom is 0.255 e. The molecule has 3 fully saturated rings. The average molecular weight is 629 g/mol. The van der Waals surface area contributed by atoms with Crippen LogP contribution in [0.1, 0.15) is 55.2 Å². The lowest BCUT2D eigenvalue weighted by atomic mass is 9.78. The summed E-state index contributed by atoms with van der Waals surface area (Å²) in [5.74, 6) is 0.529. The standard InChI is InChI=1S/C32H36N8O4S/c1-19-17-39(31(43)21-7-8-35-36-16-21)9-10-40(19)24-11-22(12-24)30(42)38-32-37-25-6-5-20(13-28(25)45-32)23-14-33-29(34-15-23)18-44-27-4-2-3-26(27)41/h5-8,13-16,19,22,24,26-27,41H,2-4,9-12,17-18H2,1H3,(H,37,38,42)/t19-,22-,24+,26-,27-/m0/s1. The summed E-state index contributed by atoms with van der Waals surface area (Å²) >= 11 is 1.46. The van der Waals surface area contributed by atoms with Crippen LogP contribution >= 0.6 is 11.3 Å². The number of amides is 2. The predicted molar refractivity (Wildman–Crippen MR) is 168 cm³/mol. The van der Waals surface area contributed by atoms with Crippen molar-refractivity contribution in [3.63, 3.8) is 0 Å². The molecule has 234 valence electrons. The number of piperazine rings is 1. The Morgan fingerprint density at radius 2 is 1.91 bits per heavy atom. The van der Waals surface area contributed by atoms with Gasteiger partial charge < -0.3 is 20.1 Å². The molecule has 2 N–H and O–H groups in total. The summed E-state index contributed by atoms with van der Waals surface area (Å²) in [4.78, 5) is 43.8. The van der Waals surface area contributed by atoms with E-state index in [1.807, 2.05) is 23.1 Å². The fourth-order valence-corrected chi connectivity index (χ4v) is 7.51. The van der Waals surface area contributed by atoms with Gasteiger partial charge in [0.15, 0.2) is 11.0 Å². The lowest BCUT2D eigenvalue weighted by Crippen LogP contribution is -2.60. The number of ether oxygens (including phenoxy) is 1. The Labute approximate surface area is 264 Å². The number of anilines is 1. The maximum atomic E-state index is 13.1. The Bertz CT molecular complexity index is 1660. The normalized spacial score (nSPS) is 25.3. The minimum Gasteiger partial charge on any atom is -0.390 e. The number of aliphatic hydroxyl groups excluding tert-OH is 1. The maximum absolute atomic E-state index is 13.1. The average Bonchev–Trinajstić information content (AvgIpc) is 3.64. The minimum absolute atomic E-state index is 0.00788. The molecular weight excluding hydrogens is 592 g/mol. The molecule has 4 aromatic rings. The largest absolute Gasteiger partial charge is 0.390 e. The van der Waals surface area contributed by atoms with Crippen molar-refractivity contribution in [2.45, 2.75) is 69.9 Å². The number of nitrogens with one attached hydrogen (secondary N) is 1. The number of thiazole rings is 1. The van der Waals surface area contributed by atoms with Crippen LogP contribution in [0, 0.1) is 5.92 Å². The van der Waals surface area contributed by atoms with Crippen molar-refractivity contribution in [2.75, 3.05) is 25.0 Å². The van der Waals surface area contributed by atoms with Gasteiger partial charge in [0.25, 0.3) is 5.91 Å². The zero-order valence-electron chi connectivity index (χ0n) is 25.1. The van der Waals surface area contributed by atoms with Gasteiger partial charge in [0.2, 0.25) is 5.91 Å². The molecule has 2 saturated carbocycles. The summed E-state index contributed by atoms with van der Waals surface area (Å²) in [5, 5.41) is 21.2. The Kier molecular flexibility index (Phi) is 8.49. The van der Waals surface area contributed by atoms with E-state index < -0.39 is 6.10 Å². The van der Waals surface area contributed by atoms with Gasteiger partial charge in [-0.2, -0.15) is 10.2 Å². The molecule has 0 spiro atoms. The van der Waals surface area contributed by atoms with Crippen LogP contribution in [0.25, 0.3) is 21.3 Å². The highest BCUT2D eigenvalue weighted by Gasteiger charge is 2.41. The van der Waals surface area contributed by atoms with Gasteiger partial charge in [-0.3, -0.25) is 14.5 Å². The van der Waals surface area contributed by atoms with Gasteiger partial charge in [0, 0.05) is 55.6 Å². The Balaban J connectivity index is 0.904. The summed E-state index contributed by atoms with van der Waals surface area (Å²) in [5.41, 5.74) is 3.24. The van der Waals surface area contributed by atoms with Crippen LogP contribution in [-0.2, 0) is 16.1 Å². The summed E-state index contributed by atoms with van der Waals surface area (Å²) < 4.78 is 6.77. The summed E-state index contributed by atoms with van der Waals surface area (Å²) in [6, 6.07) is 8.22. The first-order valence-corrected chi connectivity index (χ1v) is 16.4. The second-order valence-corrected chi connectivity index (χ2v) is 13.2. The third-order valence-electron chi connectivity index (χ3n) is 9.25. The number of aliphatic hydroxyl groups is 1. The summed E-state index contributed by atoms with van der Waals surface area (Å²) in [6.45, 7) is 4.52. The van der Waals surface area contributed by atoms with Crippen LogP contribution in [0.4, 0.5) is 5.13 Å². The van der Waals surface area contributed by atoms with E-state index in [4.69, 9.17) is 4.74 Å². The number of rotatable bonds is 8. The Hall–Kier alpha value is -3.91. The van der Waals surface area contributed by atoms with Crippen molar-refractivity contribution in [1.29, 1.82) is 0 Å². The Morgan fingerprint density at radius 1 is 1.07 bits per heavy atom. The minimum atomic E-state index is -0.400. The van der Waals surface area contributed by atoms with Gasteiger partial charge in [0.05, 0.1) is 40.4 Å². The molecule has 2 amide bonds. The fourth-order valence-electron chi connectivity index (χ4n) is 6.60. The molecule has 0 unspecified atom stereocenters. The molecule has 45 heavy (non-hydrogen) atoms. The van der Waals surface area contributed by atoms with Crippen LogP contribution in [0.3, 0.4) is 0 Å². The first kappa shape index (κ1) is 29.8. The third-order valence-corrected chi connectivity index (χ3v) is 10.2. The van der Waals surface area contributed by atoms with Gasteiger partial charge in [-0.1, -0.05) is 17.4 Å². The molecule has 12 nitrogen and oxygen atoms in total. The van der Waals surface area contributed by atoms with E-state index in [1.54, 1.807) is 18.5 Å². The molecule has 1 aliphatic heterocycles. The second-order valence-electron chi connectivity index (χ2n) is 12.2. The number of nitrogens with zero attached hydrogens (tertiary/aromatic N) is 7. The lowest BCUT2D eigenvalue weighted by Gasteiger charge is -2.49. The topological polar surface area (TPSA) is 147 Å². The van der Waals surface area contributed by atoms with Crippen molar-refractivity contribution in [2.24, 2.45) is 5.92 Å². The van der Waals surface area contributed by atoms with Crippen molar-refractivity contribution < 1.29 is 19.4 Å². The van der Waals surface area contributed by atoms with E-state index in [1.165, 1.54) is 23.7 Å². The summed E-state index contributed by atoms with van der Waals surface area (Å²) in [7, 11) is 0. The molecule has 3 aliphatic rings. The molecule has 0 bridgehead atoms. The fraction of sp³-hybridized carbons (Fsp3) is 0.469. The monoisotopic (exact) mass is 628 g/mol. The number of benzene rings is 1. The van der Waals surface area contributed by atoms with E-state index in [0.29, 0.717) is 35.7 Å². The highest BCUT2D eigenvalue weighted by atomic mass is 32.1. The number of hydrogen-bond acceptors (Lipinski definition) is 11. The Morgan fingerprint density at radius 3 is 2.64 bits per heavy atom. The van der Waals surface area contributed by atoms with Crippen LogP contribution < -0.4 is 5.32 Å². The molecule has 0 radical (unpaired) electrons. The second kappa shape index (κ2) is 12.8. The first-order valence-electron chi connectivity index (χ1n) is 15.6. The van der Waals surface area contributed by atoms with E-state index in [-0.39, 0.29) is 36.5 Å². The lowest BCUT2D eigenvalue weighted by molar-refractivity contribution is -0.125. The van der Waals surface area contributed by atoms with E-state index in [2.05, 4.69) is 42.3 Å². The van der Waals surface area contributed by atoms with Gasteiger partial charge in [-0.05, 0) is 62.8 Å². The van der Waals surface area contributed by atoms with Crippen LogP contribution in [-0.4, -0.2) is 95.8 Å². The van der Waals surface area contributed by atoms with E-state index in [9.17, 15) is 14.7 Å². The predicted octanol–water partition coefficient (Wildman–Crippen LogP) is 3.54. The van der Waals surface area contributed by atoms with E-state index >= 15 is 0 Å². The molecule has 2 aliphatic carbocycles. The number of carbonyl (C=O) groups is 2. The van der Waals surface area contributed by atoms with Crippen molar-refractivity contribution in [3.05, 3.63) is 60.4 Å².